The standard InChI is InChI=1S/C19H20ClF2N3O/c20-15-4-1-3-14(13-15)7-8-24-9-11-25(12-10-24)19(26)23-18-16(21)5-2-6-17(18)22/h1-6,13H,7-12H2,(H,23,26). The molecular formula is C19H20ClF2N3O. The van der Waals surface area contributed by atoms with Crippen LogP contribution in [-0.4, -0.2) is 48.6 Å². The number of nitrogens with one attached hydrogen (secondary N) is 1. The molecule has 1 N–H and O–H groups in total. The summed E-state index contributed by atoms with van der Waals surface area (Å²) in [4.78, 5) is 16.1. The highest BCUT2D eigenvalue weighted by atomic mass is 35.5. The van der Waals surface area contributed by atoms with E-state index >= 15 is 0 Å². The van der Waals surface area contributed by atoms with Crippen LogP contribution in [-0.2, 0) is 6.42 Å². The van der Waals surface area contributed by atoms with Gasteiger partial charge in [-0.05, 0) is 36.2 Å². The van der Waals surface area contributed by atoms with Gasteiger partial charge in [0, 0.05) is 37.7 Å². The Bertz CT molecular complexity index is 759. The quantitative estimate of drug-likeness (QED) is 0.871. The molecule has 2 aromatic carbocycles. The molecule has 0 bridgehead atoms. The van der Waals surface area contributed by atoms with Gasteiger partial charge in [0.2, 0.25) is 0 Å². The third-order valence-electron chi connectivity index (χ3n) is 4.46. The van der Waals surface area contributed by atoms with Gasteiger partial charge in [-0.1, -0.05) is 29.8 Å². The molecule has 0 atom stereocenters. The molecule has 0 spiro atoms. The van der Waals surface area contributed by atoms with Gasteiger partial charge >= 0.3 is 6.03 Å². The maximum absolute atomic E-state index is 13.6. The molecule has 4 nitrogen and oxygen atoms in total. The Labute approximate surface area is 156 Å². The molecule has 2 amide bonds. The van der Waals surface area contributed by atoms with Crippen LogP contribution in [0.25, 0.3) is 0 Å². The van der Waals surface area contributed by atoms with Gasteiger partial charge in [-0.15, -0.1) is 0 Å². The minimum atomic E-state index is -0.779. The molecule has 0 radical (unpaired) electrons. The summed E-state index contributed by atoms with van der Waals surface area (Å²) in [7, 11) is 0. The molecule has 0 aromatic heterocycles. The Hall–Kier alpha value is -2.18. The Morgan fingerprint density at radius 2 is 1.69 bits per heavy atom. The van der Waals surface area contributed by atoms with Gasteiger partial charge in [-0.2, -0.15) is 0 Å². The number of hydrogen-bond acceptors (Lipinski definition) is 2. The van der Waals surface area contributed by atoms with Gasteiger partial charge in [-0.25, -0.2) is 13.6 Å². The van der Waals surface area contributed by atoms with Gasteiger partial charge < -0.3 is 10.2 Å². The van der Waals surface area contributed by atoms with E-state index < -0.39 is 23.4 Å². The van der Waals surface area contributed by atoms with Gasteiger partial charge in [0.1, 0.15) is 17.3 Å². The molecular weight excluding hydrogens is 360 g/mol. The number of urea groups is 1. The minimum Gasteiger partial charge on any atom is -0.322 e. The molecule has 0 saturated carbocycles. The number of amides is 2. The van der Waals surface area contributed by atoms with Crippen molar-refractivity contribution < 1.29 is 13.6 Å². The van der Waals surface area contributed by atoms with Gasteiger partial charge in [0.05, 0.1) is 0 Å². The summed E-state index contributed by atoms with van der Waals surface area (Å²) in [5.41, 5.74) is 0.772. The van der Waals surface area contributed by atoms with E-state index in [1.165, 1.54) is 11.6 Å². The van der Waals surface area contributed by atoms with E-state index in [4.69, 9.17) is 11.6 Å². The van der Waals surface area contributed by atoms with Crippen LogP contribution >= 0.6 is 11.6 Å². The lowest BCUT2D eigenvalue weighted by Crippen LogP contribution is -2.50. The third-order valence-corrected chi connectivity index (χ3v) is 4.70. The smallest absolute Gasteiger partial charge is 0.322 e. The first-order valence-electron chi connectivity index (χ1n) is 8.49. The molecule has 1 aliphatic rings. The van der Waals surface area contributed by atoms with E-state index in [0.717, 1.165) is 30.1 Å². The van der Waals surface area contributed by atoms with Crippen LogP contribution in [0.4, 0.5) is 19.3 Å². The molecule has 0 aliphatic carbocycles. The fraction of sp³-hybridized carbons (Fsp3) is 0.316. The molecule has 1 heterocycles. The number of nitrogens with zero attached hydrogens (tertiary/aromatic N) is 2. The average molecular weight is 380 g/mol. The van der Waals surface area contributed by atoms with Crippen molar-refractivity contribution in [3.05, 3.63) is 64.7 Å². The number of benzene rings is 2. The predicted octanol–water partition coefficient (Wildman–Crippen LogP) is 4.01. The highest BCUT2D eigenvalue weighted by Crippen LogP contribution is 2.19. The Kier molecular flexibility index (Phi) is 6.06. The summed E-state index contributed by atoms with van der Waals surface area (Å²) in [5, 5.41) is 3.06. The Morgan fingerprint density at radius 3 is 2.35 bits per heavy atom. The fourth-order valence-electron chi connectivity index (χ4n) is 2.96. The molecule has 7 heteroatoms. The normalized spacial score (nSPS) is 15.1. The van der Waals surface area contributed by atoms with Crippen molar-refractivity contribution in [2.24, 2.45) is 0 Å². The highest BCUT2D eigenvalue weighted by Gasteiger charge is 2.22. The van der Waals surface area contributed by atoms with Gasteiger partial charge in [0.25, 0.3) is 0 Å². The van der Waals surface area contributed by atoms with Crippen molar-refractivity contribution in [1.82, 2.24) is 9.80 Å². The zero-order chi connectivity index (χ0) is 18.5. The Balaban J connectivity index is 1.48. The molecule has 2 aromatic rings. The highest BCUT2D eigenvalue weighted by molar-refractivity contribution is 6.30. The van der Waals surface area contributed by atoms with Crippen molar-refractivity contribution in [2.75, 3.05) is 38.0 Å². The van der Waals surface area contributed by atoms with Crippen molar-refractivity contribution in [1.29, 1.82) is 0 Å². The van der Waals surface area contributed by atoms with Gasteiger partial charge in [0.15, 0.2) is 0 Å². The van der Waals surface area contributed by atoms with Crippen LogP contribution in [0.2, 0.25) is 5.02 Å². The van der Waals surface area contributed by atoms with Crippen LogP contribution in [0, 0.1) is 11.6 Å². The number of carbonyl (C=O) groups is 1. The summed E-state index contributed by atoms with van der Waals surface area (Å²) in [6, 6.07) is 10.8. The second kappa shape index (κ2) is 8.47. The monoisotopic (exact) mass is 379 g/mol. The van der Waals surface area contributed by atoms with E-state index in [9.17, 15) is 13.6 Å². The van der Waals surface area contributed by atoms with E-state index in [1.54, 1.807) is 4.90 Å². The average Bonchev–Trinajstić information content (AvgIpc) is 2.63. The first-order chi connectivity index (χ1) is 12.5. The van der Waals surface area contributed by atoms with Gasteiger partial charge in [-0.3, -0.25) is 4.90 Å². The zero-order valence-corrected chi connectivity index (χ0v) is 15.0. The number of para-hydroxylation sites is 1. The van der Waals surface area contributed by atoms with Crippen molar-refractivity contribution in [3.63, 3.8) is 0 Å². The number of anilines is 1. The zero-order valence-electron chi connectivity index (χ0n) is 14.2. The summed E-state index contributed by atoms with van der Waals surface area (Å²) in [6.45, 7) is 3.33. The van der Waals surface area contributed by atoms with Crippen LogP contribution in [0.15, 0.2) is 42.5 Å². The van der Waals surface area contributed by atoms with E-state index in [1.807, 2.05) is 24.3 Å². The Morgan fingerprint density at radius 1 is 1.04 bits per heavy atom. The molecule has 0 unspecified atom stereocenters. The molecule has 1 saturated heterocycles. The van der Waals surface area contributed by atoms with E-state index in [2.05, 4.69) is 10.2 Å². The topological polar surface area (TPSA) is 35.6 Å². The number of rotatable bonds is 4. The minimum absolute atomic E-state index is 0.402. The van der Waals surface area contributed by atoms with Crippen molar-refractivity contribution in [3.8, 4) is 0 Å². The first-order valence-corrected chi connectivity index (χ1v) is 8.87. The number of halogens is 3. The second-order valence-electron chi connectivity index (χ2n) is 6.24. The molecule has 3 rings (SSSR count). The second-order valence-corrected chi connectivity index (χ2v) is 6.67. The largest absolute Gasteiger partial charge is 0.322 e. The lowest BCUT2D eigenvalue weighted by molar-refractivity contribution is 0.148. The molecule has 138 valence electrons. The lowest BCUT2D eigenvalue weighted by Gasteiger charge is -2.34. The number of hydrogen-bond donors (Lipinski definition) is 1. The van der Waals surface area contributed by atoms with E-state index in [0.29, 0.717) is 26.2 Å². The van der Waals surface area contributed by atoms with Crippen molar-refractivity contribution >= 4 is 23.3 Å². The maximum Gasteiger partial charge on any atom is 0.322 e. The molecule has 1 fully saturated rings. The summed E-state index contributed by atoms with van der Waals surface area (Å²) >= 11 is 5.99. The van der Waals surface area contributed by atoms with Crippen LogP contribution < -0.4 is 5.32 Å². The summed E-state index contributed by atoms with van der Waals surface area (Å²) < 4.78 is 27.3. The maximum atomic E-state index is 13.6. The van der Waals surface area contributed by atoms with Crippen LogP contribution in [0.5, 0.6) is 0 Å². The van der Waals surface area contributed by atoms with Crippen molar-refractivity contribution in [2.45, 2.75) is 6.42 Å². The van der Waals surface area contributed by atoms with Crippen LogP contribution in [0.3, 0.4) is 0 Å². The first kappa shape index (κ1) is 18.6. The lowest BCUT2D eigenvalue weighted by atomic mass is 10.1. The third kappa shape index (κ3) is 4.71. The summed E-state index contributed by atoms with van der Waals surface area (Å²) in [5.74, 6) is -1.56. The van der Waals surface area contributed by atoms with E-state index in [-0.39, 0.29) is 0 Å². The number of carbonyl (C=O) groups excluding carboxylic acids is 1. The van der Waals surface area contributed by atoms with Crippen LogP contribution in [0.1, 0.15) is 5.56 Å². The summed E-state index contributed by atoms with van der Waals surface area (Å²) in [6.07, 6.45) is 0.882. The molecule has 1 aliphatic heterocycles. The fourth-order valence-corrected chi connectivity index (χ4v) is 3.17. The SMILES string of the molecule is O=C(Nc1c(F)cccc1F)N1CCN(CCc2cccc(Cl)c2)CC1. The molecule has 26 heavy (non-hydrogen) atoms. The number of piperazine rings is 1. The predicted molar refractivity (Wildman–Crippen MR) is 98.5 cm³/mol.